The molecule has 0 spiro atoms. The zero-order chi connectivity index (χ0) is 9.68. The number of nitrogens with zero attached hydrogens (tertiary/aromatic N) is 1. The Hall–Kier alpha value is -0.960. The molecule has 0 bridgehead atoms. The smallest absolute Gasteiger partial charge is 0.146 e. The van der Waals surface area contributed by atoms with Gasteiger partial charge in [-0.15, -0.1) is 0 Å². The van der Waals surface area contributed by atoms with Crippen molar-refractivity contribution in [3.63, 3.8) is 0 Å². The quantitative estimate of drug-likeness (QED) is 0.772. The maximum absolute atomic E-state index is 13.2. The number of rotatable bonds is 4. The molecule has 1 rings (SSSR count). The van der Waals surface area contributed by atoms with Crippen LogP contribution in [-0.4, -0.2) is 11.5 Å². The number of aromatic nitrogens is 1. The Morgan fingerprint density at radius 2 is 2.31 bits per heavy atom. The van der Waals surface area contributed by atoms with Crippen molar-refractivity contribution in [1.29, 1.82) is 0 Å². The molecule has 0 radical (unpaired) electrons. The highest BCUT2D eigenvalue weighted by molar-refractivity contribution is 5.17. The highest BCUT2D eigenvalue weighted by atomic mass is 19.1. The van der Waals surface area contributed by atoms with Gasteiger partial charge in [0.15, 0.2) is 0 Å². The lowest BCUT2D eigenvalue weighted by atomic mass is 10.1. The molecule has 0 aliphatic rings. The summed E-state index contributed by atoms with van der Waals surface area (Å²) < 4.78 is 13.2. The Labute approximate surface area is 78.2 Å². The molecule has 0 aromatic carbocycles. The molecule has 1 N–H and O–H groups in total. The van der Waals surface area contributed by atoms with Crippen LogP contribution in [0.3, 0.4) is 0 Å². The molecule has 1 aromatic rings. The highest BCUT2D eigenvalue weighted by Gasteiger charge is 2.11. The van der Waals surface area contributed by atoms with E-state index in [-0.39, 0.29) is 11.9 Å². The summed E-state index contributed by atoms with van der Waals surface area (Å²) in [4.78, 5) is 3.72. The summed E-state index contributed by atoms with van der Waals surface area (Å²) in [5, 5.41) is 3.22. The zero-order valence-electron chi connectivity index (χ0n) is 8.05. The van der Waals surface area contributed by atoms with Gasteiger partial charge in [0.05, 0.1) is 6.20 Å². The molecule has 72 valence electrons. The molecule has 1 aromatic heterocycles. The van der Waals surface area contributed by atoms with Crippen LogP contribution in [-0.2, 0) is 0 Å². The van der Waals surface area contributed by atoms with Crippen molar-refractivity contribution in [3.05, 3.63) is 29.8 Å². The largest absolute Gasteiger partial charge is 0.310 e. The highest BCUT2D eigenvalue weighted by Crippen LogP contribution is 2.18. The van der Waals surface area contributed by atoms with Crippen molar-refractivity contribution in [2.24, 2.45) is 0 Å². The fourth-order valence-electron chi connectivity index (χ4n) is 1.39. The van der Waals surface area contributed by atoms with Gasteiger partial charge in [-0.05, 0) is 19.0 Å². The van der Waals surface area contributed by atoms with Crippen molar-refractivity contribution in [2.45, 2.75) is 26.3 Å². The summed E-state index contributed by atoms with van der Waals surface area (Å²) in [7, 11) is 0. The molecule has 0 saturated carbocycles. The summed E-state index contributed by atoms with van der Waals surface area (Å²) in [5.41, 5.74) is 0.708. The van der Waals surface area contributed by atoms with Gasteiger partial charge in [0.1, 0.15) is 5.82 Å². The predicted octanol–water partition coefficient (Wildman–Crippen LogP) is 2.28. The van der Waals surface area contributed by atoms with E-state index >= 15 is 0 Å². The van der Waals surface area contributed by atoms with Gasteiger partial charge < -0.3 is 5.32 Å². The van der Waals surface area contributed by atoms with E-state index in [2.05, 4.69) is 10.3 Å². The maximum Gasteiger partial charge on any atom is 0.146 e. The SMILES string of the molecule is CCNC(CC)c1ccncc1F. The monoisotopic (exact) mass is 182 g/mol. The zero-order valence-corrected chi connectivity index (χ0v) is 8.05. The molecule has 0 aliphatic heterocycles. The third-order valence-electron chi connectivity index (χ3n) is 2.04. The molecule has 0 fully saturated rings. The van der Waals surface area contributed by atoms with Crippen LogP contribution in [0, 0.1) is 5.82 Å². The molecule has 1 unspecified atom stereocenters. The van der Waals surface area contributed by atoms with Crippen LogP contribution in [0.15, 0.2) is 18.5 Å². The average Bonchev–Trinajstić information content (AvgIpc) is 2.16. The fourth-order valence-corrected chi connectivity index (χ4v) is 1.39. The number of hydrogen-bond acceptors (Lipinski definition) is 2. The van der Waals surface area contributed by atoms with E-state index in [1.807, 2.05) is 13.8 Å². The molecule has 1 atom stereocenters. The Balaban J connectivity index is 2.84. The van der Waals surface area contributed by atoms with Crippen molar-refractivity contribution in [3.8, 4) is 0 Å². The first-order chi connectivity index (χ1) is 6.29. The van der Waals surface area contributed by atoms with Crippen LogP contribution in [0.1, 0.15) is 31.9 Å². The minimum absolute atomic E-state index is 0.105. The summed E-state index contributed by atoms with van der Waals surface area (Å²) in [6.07, 6.45) is 3.77. The van der Waals surface area contributed by atoms with Crippen LogP contribution in [0.4, 0.5) is 4.39 Å². The van der Waals surface area contributed by atoms with E-state index in [4.69, 9.17) is 0 Å². The van der Waals surface area contributed by atoms with Crippen LogP contribution in [0.5, 0.6) is 0 Å². The summed E-state index contributed by atoms with van der Waals surface area (Å²) >= 11 is 0. The van der Waals surface area contributed by atoms with Crippen molar-refractivity contribution >= 4 is 0 Å². The molecule has 13 heavy (non-hydrogen) atoms. The van der Waals surface area contributed by atoms with Gasteiger partial charge in [0.25, 0.3) is 0 Å². The molecule has 0 saturated heterocycles. The number of pyridine rings is 1. The minimum Gasteiger partial charge on any atom is -0.310 e. The summed E-state index contributed by atoms with van der Waals surface area (Å²) in [6, 6.07) is 1.83. The van der Waals surface area contributed by atoms with Crippen LogP contribution in [0.25, 0.3) is 0 Å². The lowest BCUT2D eigenvalue weighted by Crippen LogP contribution is -2.21. The van der Waals surface area contributed by atoms with E-state index in [9.17, 15) is 4.39 Å². The Morgan fingerprint density at radius 3 is 2.85 bits per heavy atom. The van der Waals surface area contributed by atoms with Gasteiger partial charge in [-0.25, -0.2) is 4.39 Å². The van der Waals surface area contributed by atoms with Gasteiger partial charge in [0, 0.05) is 17.8 Å². The third kappa shape index (κ3) is 2.49. The van der Waals surface area contributed by atoms with E-state index in [0.29, 0.717) is 5.56 Å². The minimum atomic E-state index is -0.227. The molecular weight excluding hydrogens is 167 g/mol. The Morgan fingerprint density at radius 1 is 1.54 bits per heavy atom. The van der Waals surface area contributed by atoms with E-state index in [1.54, 1.807) is 12.3 Å². The first kappa shape index (κ1) is 10.1. The number of nitrogens with one attached hydrogen (secondary N) is 1. The second-order valence-corrected chi connectivity index (χ2v) is 2.92. The van der Waals surface area contributed by atoms with Crippen LogP contribution < -0.4 is 5.32 Å². The first-order valence-electron chi connectivity index (χ1n) is 4.62. The standard InChI is InChI=1S/C10H15FN2/c1-3-10(13-4-2)8-5-6-12-7-9(8)11/h5-7,10,13H,3-4H2,1-2H3. The number of halogens is 1. The van der Waals surface area contributed by atoms with Gasteiger partial charge in [0.2, 0.25) is 0 Å². The predicted molar refractivity (Wildman–Crippen MR) is 50.9 cm³/mol. The second-order valence-electron chi connectivity index (χ2n) is 2.92. The van der Waals surface area contributed by atoms with Crippen molar-refractivity contribution in [2.75, 3.05) is 6.54 Å². The fraction of sp³-hybridized carbons (Fsp3) is 0.500. The van der Waals surface area contributed by atoms with Gasteiger partial charge >= 0.3 is 0 Å². The lowest BCUT2D eigenvalue weighted by molar-refractivity contribution is 0.499. The first-order valence-corrected chi connectivity index (χ1v) is 4.62. The average molecular weight is 182 g/mol. The molecule has 1 heterocycles. The van der Waals surface area contributed by atoms with Crippen molar-refractivity contribution in [1.82, 2.24) is 10.3 Å². The van der Waals surface area contributed by atoms with Crippen molar-refractivity contribution < 1.29 is 4.39 Å². The van der Waals surface area contributed by atoms with Crippen LogP contribution in [0.2, 0.25) is 0 Å². The lowest BCUT2D eigenvalue weighted by Gasteiger charge is -2.16. The molecule has 3 heteroatoms. The maximum atomic E-state index is 13.2. The summed E-state index contributed by atoms with van der Waals surface area (Å²) in [6.45, 7) is 4.90. The topological polar surface area (TPSA) is 24.9 Å². The third-order valence-corrected chi connectivity index (χ3v) is 2.04. The van der Waals surface area contributed by atoms with Crippen LogP contribution >= 0.6 is 0 Å². The molecule has 0 aliphatic carbocycles. The van der Waals surface area contributed by atoms with Gasteiger partial charge in [-0.2, -0.15) is 0 Å². The van der Waals surface area contributed by atoms with Gasteiger partial charge in [-0.1, -0.05) is 13.8 Å². The van der Waals surface area contributed by atoms with Gasteiger partial charge in [-0.3, -0.25) is 4.98 Å². The molecular formula is C10H15FN2. The normalized spacial score (nSPS) is 12.8. The molecule has 2 nitrogen and oxygen atoms in total. The van der Waals surface area contributed by atoms with E-state index < -0.39 is 0 Å². The Kier molecular flexibility index (Phi) is 3.83. The summed E-state index contributed by atoms with van der Waals surface area (Å²) in [5.74, 6) is -0.227. The molecule has 0 amide bonds. The van der Waals surface area contributed by atoms with E-state index in [0.717, 1.165) is 13.0 Å². The Bertz CT molecular complexity index is 263. The number of hydrogen-bond donors (Lipinski definition) is 1. The second kappa shape index (κ2) is 4.92. The van der Waals surface area contributed by atoms with E-state index in [1.165, 1.54) is 6.20 Å².